The van der Waals surface area contributed by atoms with Crippen LogP contribution in [0.3, 0.4) is 0 Å². The lowest BCUT2D eigenvalue weighted by Crippen LogP contribution is -2.63. The Kier molecular flexibility index (Phi) is 3.73. The third-order valence-electron chi connectivity index (χ3n) is 2.75. The van der Waals surface area contributed by atoms with Crippen molar-refractivity contribution >= 4 is 0 Å². The van der Waals surface area contributed by atoms with E-state index in [4.69, 9.17) is 4.74 Å². The Balaban J connectivity index is 2.83. The first-order chi connectivity index (χ1) is 6.79. The first kappa shape index (κ1) is 12.9. The van der Waals surface area contributed by atoms with Crippen LogP contribution >= 0.6 is 0 Å². The van der Waals surface area contributed by atoms with Crippen LogP contribution in [0.2, 0.25) is 0 Å². The maximum Gasteiger partial charge on any atom is 0.137 e. The van der Waals surface area contributed by atoms with E-state index < -0.39 is 30.6 Å². The smallest absolute Gasteiger partial charge is 0.137 e. The summed E-state index contributed by atoms with van der Waals surface area (Å²) in [6.07, 6.45) is -4.51. The Labute approximate surface area is 90.1 Å². The second-order valence-corrected chi connectivity index (χ2v) is 5.10. The Hall–Kier alpha value is -0.200. The number of nitrogens with one attached hydrogen (secondary N) is 1. The van der Waals surface area contributed by atoms with Gasteiger partial charge in [-0.2, -0.15) is 0 Å². The highest BCUT2D eigenvalue weighted by Crippen LogP contribution is 2.32. The molecular weight excluding hydrogens is 198 g/mol. The summed E-state index contributed by atoms with van der Waals surface area (Å²) in [6, 6.07) is 0. The summed E-state index contributed by atoms with van der Waals surface area (Å²) < 4.78 is 5.52. The molecular formula is C10H21NO4. The Morgan fingerprint density at radius 2 is 1.53 bits per heavy atom. The van der Waals surface area contributed by atoms with Crippen LogP contribution in [-0.2, 0) is 4.74 Å². The molecule has 1 rings (SSSR count). The largest absolute Gasteiger partial charge is 0.388 e. The maximum absolute atomic E-state index is 9.79. The van der Waals surface area contributed by atoms with E-state index in [9.17, 15) is 15.3 Å². The average molecular weight is 219 g/mol. The quantitative estimate of drug-likeness (QED) is 0.457. The van der Waals surface area contributed by atoms with Gasteiger partial charge in [0.15, 0.2) is 0 Å². The lowest BCUT2D eigenvalue weighted by Gasteiger charge is -2.45. The number of likely N-dealkylation sites (N-methyl/N-ethyl adjacent to an activating group) is 1. The van der Waals surface area contributed by atoms with Crippen LogP contribution in [0.5, 0.6) is 0 Å². The second kappa shape index (κ2) is 4.35. The number of ether oxygens (including phenoxy) is 1. The van der Waals surface area contributed by atoms with E-state index in [0.29, 0.717) is 0 Å². The van der Waals surface area contributed by atoms with E-state index in [1.54, 1.807) is 7.05 Å². The summed E-state index contributed by atoms with van der Waals surface area (Å²) in [5.74, 6) is 0. The molecule has 0 aliphatic carbocycles. The molecule has 0 aromatic carbocycles. The molecule has 0 amide bonds. The summed E-state index contributed by atoms with van der Waals surface area (Å²) in [5.41, 5.74) is -0.296. The third kappa shape index (κ3) is 2.49. The van der Waals surface area contributed by atoms with Crippen molar-refractivity contribution in [3.63, 3.8) is 0 Å². The van der Waals surface area contributed by atoms with Crippen LogP contribution in [0.15, 0.2) is 0 Å². The van der Waals surface area contributed by atoms with Gasteiger partial charge in [0.2, 0.25) is 0 Å². The van der Waals surface area contributed by atoms with E-state index in [0.717, 1.165) is 0 Å². The number of hydrogen-bond donors (Lipinski definition) is 4. The van der Waals surface area contributed by atoms with Gasteiger partial charge in [0.05, 0.1) is 6.10 Å². The Bertz CT molecular complexity index is 214. The molecule has 1 fully saturated rings. The SMILES string of the molecule is CNC1OC(C(C)(C)C)C(O)C(O)C1O. The van der Waals surface area contributed by atoms with Gasteiger partial charge in [-0.3, -0.25) is 5.32 Å². The minimum Gasteiger partial charge on any atom is -0.388 e. The predicted octanol–water partition coefficient (Wildman–Crippen LogP) is -0.941. The molecule has 4 N–H and O–H groups in total. The molecule has 0 aromatic heterocycles. The van der Waals surface area contributed by atoms with Crippen LogP contribution in [0.1, 0.15) is 20.8 Å². The van der Waals surface area contributed by atoms with Gasteiger partial charge in [-0.1, -0.05) is 20.8 Å². The lowest BCUT2D eigenvalue weighted by molar-refractivity contribution is -0.250. The van der Waals surface area contributed by atoms with Gasteiger partial charge in [-0.25, -0.2) is 0 Å². The number of rotatable bonds is 1. The van der Waals surface area contributed by atoms with Gasteiger partial charge in [0, 0.05) is 0 Å². The summed E-state index contributed by atoms with van der Waals surface area (Å²) in [7, 11) is 1.64. The molecule has 5 atom stereocenters. The number of aliphatic hydroxyl groups excluding tert-OH is 3. The first-order valence-electron chi connectivity index (χ1n) is 5.16. The molecule has 1 saturated heterocycles. The van der Waals surface area contributed by atoms with Crippen molar-refractivity contribution in [3.8, 4) is 0 Å². The van der Waals surface area contributed by atoms with Crippen molar-refractivity contribution in [2.75, 3.05) is 7.05 Å². The van der Waals surface area contributed by atoms with Crippen molar-refractivity contribution in [3.05, 3.63) is 0 Å². The number of hydrogen-bond acceptors (Lipinski definition) is 5. The zero-order chi connectivity index (χ0) is 11.8. The highest BCUT2D eigenvalue weighted by molar-refractivity contribution is 4.95. The molecule has 1 aliphatic heterocycles. The van der Waals surface area contributed by atoms with E-state index in [1.165, 1.54) is 0 Å². The third-order valence-corrected chi connectivity index (χ3v) is 2.75. The Morgan fingerprint density at radius 1 is 1.00 bits per heavy atom. The lowest BCUT2D eigenvalue weighted by atomic mass is 9.81. The van der Waals surface area contributed by atoms with Crippen molar-refractivity contribution in [2.24, 2.45) is 5.41 Å². The van der Waals surface area contributed by atoms with E-state index >= 15 is 0 Å². The van der Waals surface area contributed by atoms with Crippen LogP contribution < -0.4 is 5.32 Å². The van der Waals surface area contributed by atoms with Crippen molar-refractivity contribution in [2.45, 2.75) is 51.4 Å². The van der Waals surface area contributed by atoms with Crippen molar-refractivity contribution in [1.82, 2.24) is 5.32 Å². The highest BCUT2D eigenvalue weighted by Gasteiger charge is 2.47. The molecule has 0 spiro atoms. The zero-order valence-electron chi connectivity index (χ0n) is 9.64. The van der Waals surface area contributed by atoms with Gasteiger partial charge >= 0.3 is 0 Å². The number of aliphatic hydroxyl groups is 3. The van der Waals surface area contributed by atoms with Gasteiger partial charge in [-0.05, 0) is 12.5 Å². The van der Waals surface area contributed by atoms with Crippen LogP contribution in [0, 0.1) is 5.41 Å². The van der Waals surface area contributed by atoms with E-state index in [2.05, 4.69) is 5.32 Å². The van der Waals surface area contributed by atoms with Crippen LogP contribution in [0.4, 0.5) is 0 Å². The molecule has 15 heavy (non-hydrogen) atoms. The first-order valence-corrected chi connectivity index (χ1v) is 5.16. The van der Waals surface area contributed by atoms with E-state index in [-0.39, 0.29) is 5.41 Å². The minimum atomic E-state index is -1.18. The van der Waals surface area contributed by atoms with Gasteiger partial charge in [-0.15, -0.1) is 0 Å². The van der Waals surface area contributed by atoms with Gasteiger partial charge in [0.25, 0.3) is 0 Å². The fourth-order valence-corrected chi connectivity index (χ4v) is 1.83. The molecule has 5 nitrogen and oxygen atoms in total. The maximum atomic E-state index is 9.79. The minimum absolute atomic E-state index is 0.296. The normalized spacial score (nSPS) is 43.0. The summed E-state index contributed by atoms with van der Waals surface area (Å²) in [6.45, 7) is 5.74. The fraction of sp³-hybridized carbons (Fsp3) is 1.00. The standard InChI is InChI=1S/C10H21NO4/c1-10(2,3)8-6(13)5(12)7(14)9(11-4)15-8/h5-9,11-14H,1-4H3. The molecule has 5 heteroatoms. The summed E-state index contributed by atoms with van der Waals surface area (Å²) >= 11 is 0. The predicted molar refractivity (Wildman–Crippen MR) is 55.2 cm³/mol. The molecule has 90 valence electrons. The molecule has 0 aromatic rings. The highest BCUT2D eigenvalue weighted by atomic mass is 16.5. The molecule has 5 unspecified atom stereocenters. The van der Waals surface area contributed by atoms with Crippen molar-refractivity contribution in [1.29, 1.82) is 0 Å². The topological polar surface area (TPSA) is 82.0 Å². The van der Waals surface area contributed by atoms with Gasteiger partial charge in [0.1, 0.15) is 24.5 Å². The van der Waals surface area contributed by atoms with Crippen LogP contribution in [-0.4, -0.2) is 53.0 Å². The van der Waals surface area contributed by atoms with Gasteiger partial charge < -0.3 is 20.1 Å². The van der Waals surface area contributed by atoms with Crippen molar-refractivity contribution < 1.29 is 20.1 Å². The monoisotopic (exact) mass is 219 g/mol. The Morgan fingerprint density at radius 3 is 1.93 bits per heavy atom. The zero-order valence-corrected chi connectivity index (χ0v) is 9.64. The second-order valence-electron chi connectivity index (χ2n) is 5.10. The van der Waals surface area contributed by atoms with Crippen LogP contribution in [0.25, 0.3) is 0 Å². The average Bonchev–Trinajstić information content (AvgIpc) is 2.13. The molecule has 1 aliphatic rings. The summed E-state index contributed by atoms with van der Waals surface area (Å²) in [5, 5.41) is 31.8. The molecule has 0 radical (unpaired) electrons. The molecule has 0 saturated carbocycles. The molecule has 1 heterocycles. The fourth-order valence-electron chi connectivity index (χ4n) is 1.83. The van der Waals surface area contributed by atoms with E-state index in [1.807, 2.05) is 20.8 Å². The summed E-state index contributed by atoms with van der Waals surface area (Å²) in [4.78, 5) is 0. The molecule has 0 bridgehead atoms.